The van der Waals surface area contributed by atoms with Crippen molar-refractivity contribution in [3.05, 3.63) is 34.2 Å². The molecule has 1 atom stereocenters. The third-order valence-electron chi connectivity index (χ3n) is 2.79. The first-order valence-electron chi connectivity index (χ1n) is 5.89. The monoisotopic (exact) mass is 236 g/mol. The predicted octanol–water partition coefficient (Wildman–Crippen LogP) is 2.69. The van der Waals surface area contributed by atoms with Crippen molar-refractivity contribution in [3.63, 3.8) is 0 Å². The second-order valence-electron chi connectivity index (χ2n) is 4.10. The normalized spacial score (nSPS) is 13.8. The van der Waals surface area contributed by atoms with Crippen LogP contribution in [0.2, 0.25) is 0 Å². The highest BCUT2D eigenvalue weighted by Gasteiger charge is 2.19. The molecule has 0 bridgehead atoms. The molecule has 17 heavy (non-hydrogen) atoms. The molecule has 1 unspecified atom stereocenters. The van der Waals surface area contributed by atoms with Gasteiger partial charge in [0.15, 0.2) is 0 Å². The molecule has 0 rings (SSSR count). The highest BCUT2D eigenvalue weighted by atomic mass is 16.6. The van der Waals surface area contributed by atoms with E-state index in [0.717, 1.165) is 12.8 Å². The molecule has 5 heteroatoms. The van der Waals surface area contributed by atoms with E-state index in [1.807, 2.05) is 0 Å². The Bertz CT molecular complexity index is 303. The smallest absolute Gasteiger partial charge is 0.262 e. The molecule has 0 aromatic rings. The Labute approximate surface area is 105 Å². The van der Waals surface area contributed by atoms with Crippen molar-refractivity contribution < 1.29 is 4.92 Å². The maximum Gasteiger partial charge on any atom is 0.262 e. The SMILES string of the molecule is [B]C(CC=C)N(C)/C(CCCC)=C(\C)[N+](=O)[O-]. The van der Waals surface area contributed by atoms with Gasteiger partial charge in [-0.05, 0) is 25.2 Å². The van der Waals surface area contributed by atoms with Gasteiger partial charge in [-0.2, -0.15) is 0 Å². The molecule has 0 aromatic heterocycles. The first kappa shape index (κ1) is 15.7. The second kappa shape index (κ2) is 7.93. The van der Waals surface area contributed by atoms with Gasteiger partial charge in [0.25, 0.3) is 5.70 Å². The van der Waals surface area contributed by atoms with Crippen molar-refractivity contribution in [2.24, 2.45) is 0 Å². The summed E-state index contributed by atoms with van der Waals surface area (Å²) in [6.45, 7) is 7.22. The molecule has 0 heterocycles. The molecular formula is C12H21BN2O2. The summed E-state index contributed by atoms with van der Waals surface area (Å²) >= 11 is 0. The molecule has 0 N–H and O–H groups in total. The molecule has 0 spiro atoms. The lowest BCUT2D eigenvalue weighted by Crippen LogP contribution is -2.32. The van der Waals surface area contributed by atoms with E-state index in [1.54, 1.807) is 18.0 Å². The molecule has 0 aliphatic rings. The van der Waals surface area contributed by atoms with E-state index in [9.17, 15) is 10.1 Å². The maximum absolute atomic E-state index is 10.8. The molecule has 0 aromatic carbocycles. The van der Waals surface area contributed by atoms with Gasteiger partial charge in [-0.3, -0.25) is 10.1 Å². The summed E-state index contributed by atoms with van der Waals surface area (Å²) in [7, 11) is 7.73. The van der Waals surface area contributed by atoms with Crippen LogP contribution in [-0.2, 0) is 0 Å². The number of allylic oxidation sites excluding steroid dienone is 2. The molecule has 0 aliphatic heterocycles. The molecule has 0 saturated carbocycles. The molecule has 2 radical (unpaired) electrons. The van der Waals surface area contributed by atoms with E-state index in [0.29, 0.717) is 18.5 Å². The standard InChI is InChI=1S/C12H21BN2O2/c1-5-7-9-11(10(3)15(16)17)14(4)12(13)8-6-2/h6,12H,2,5,7-9H2,1,3-4H3/b11-10+. The van der Waals surface area contributed by atoms with Gasteiger partial charge in [-0.1, -0.05) is 19.4 Å². The van der Waals surface area contributed by atoms with Crippen molar-refractivity contribution >= 4 is 7.85 Å². The van der Waals surface area contributed by atoms with Crippen LogP contribution in [0.5, 0.6) is 0 Å². The van der Waals surface area contributed by atoms with Gasteiger partial charge in [0.1, 0.15) is 0 Å². The van der Waals surface area contributed by atoms with Crippen LogP contribution in [0.3, 0.4) is 0 Å². The van der Waals surface area contributed by atoms with Crippen LogP contribution in [0.25, 0.3) is 0 Å². The van der Waals surface area contributed by atoms with Crippen molar-refractivity contribution in [1.82, 2.24) is 4.90 Å². The number of rotatable bonds is 8. The van der Waals surface area contributed by atoms with Crippen LogP contribution in [0.15, 0.2) is 24.0 Å². The molecule has 0 aliphatic carbocycles. The van der Waals surface area contributed by atoms with Crippen LogP contribution < -0.4 is 0 Å². The summed E-state index contributed by atoms with van der Waals surface area (Å²) in [5, 5.41) is 10.8. The zero-order chi connectivity index (χ0) is 13.4. The average Bonchev–Trinajstić information content (AvgIpc) is 2.29. The Kier molecular flexibility index (Phi) is 7.34. The Hall–Kier alpha value is -1.26. The minimum Gasteiger partial charge on any atom is -0.378 e. The van der Waals surface area contributed by atoms with Crippen LogP contribution in [0, 0.1) is 10.1 Å². The van der Waals surface area contributed by atoms with E-state index < -0.39 is 0 Å². The summed E-state index contributed by atoms with van der Waals surface area (Å²) < 4.78 is 0. The minimum atomic E-state index is -0.345. The average molecular weight is 236 g/mol. The fourth-order valence-corrected chi connectivity index (χ4v) is 1.59. The lowest BCUT2D eigenvalue weighted by molar-refractivity contribution is -0.426. The maximum atomic E-state index is 10.8. The van der Waals surface area contributed by atoms with Gasteiger partial charge >= 0.3 is 0 Å². The summed E-state index contributed by atoms with van der Waals surface area (Å²) in [4.78, 5) is 12.3. The lowest BCUT2D eigenvalue weighted by Gasteiger charge is -2.28. The van der Waals surface area contributed by atoms with E-state index in [2.05, 4.69) is 13.5 Å². The topological polar surface area (TPSA) is 46.4 Å². The van der Waals surface area contributed by atoms with Crippen molar-refractivity contribution in [1.29, 1.82) is 0 Å². The first-order valence-corrected chi connectivity index (χ1v) is 5.89. The van der Waals surface area contributed by atoms with Crippen LogP contribution in [0.4, 0.5) is 0 Å². The van der Waals surface area contributed by atoms with Gasteiger partial charge < -0.3 is 4.90 Å². The van der Waals surface area contributed by atoms with Gasteiger partial charge in [-0.25, -0.2) is 0 Å². The van der Waals surface area contributed by atoms with Crippen LogP contribution in [-0.4, -0.2) is 30.7 Å². The van der Waals surface area contributed by atoms with Crippen LogP contribution in [0.1, 0.15) is 39.5 Å². The third-order valence-corrected chi connectivity index (χ3v) is 2.79. The molecule has 94 valence electrons. The summed E-state index contributed by atoms with van der Waals surface area (Å²) in [6, 6.07) is 0. The van der Waals surface area contributed by atoms with E-state index in [4.69, 9.17) is 7.85 Å². The van der Waals surface area contributed by atoms with Crippen LogP contribution >= 0.6 is 0 Å². The van der Waals surface area contributed by atoms with Crippen molar-refractivity contribution in [2.45, 2.75) is 45.5 Å². The first-order chi connectivity index (χ1) is 7.95. The Balaban J connectivity index is 4.97. The van der Waals surface area contributed by atoms with Crippen molar-refractivity contribution in [2.75, 3.05) is 7.05 Å². The molecule has 4 nitrogen and oxygen atoms in total. The predicted molar refractivity (Wildman–Crippen MR) is 71.3 cm³/mol. The number of nitro groups is 1. The Morgan fingerprint density at radius 3 is 2.65 bits per heavy atom. The van der Waals surface area contributed by atoms with Gasteiger partial charge in [-0.15, -0.1) is 6.58 Å². The highest BCUT2D eigenvalue weighted by Crippen LogP contribution is 2.19. The second-order valence-corrected chi connectivity index (χ2v) is 4.10. The van der Waals surface area contributed by atoms with E-state index in [1.165, 1.54) is 6.92 Å². The van der Waals surface area contributed by atoms with E-state index >= 15 is 0 Å². The van der Waals surface area contributed by atoms with E-state index in [-0.39, 0.29) is 16.6 Å². The fraction of sp³-hybridized carbons (Fsp3) is 0.667. The van der Waals surface area contributed by atoms with Gasteiger partial charge in [0.2, 0.25) is 0 Å². The van der Waals surface area contributed by atoms with Crippen molar-refractivity contribution in [3.8, 4) is 0 Å². The highest BCUT2D eigenvalue weighted by molar-refractivity contribution is 6.11. The number of unbranched alkanes of at least 4 members (excludes halogenated alkanes) is 1. The summed E-state index contributed by atoms with van der Waals surface area (Å²) in [5.41, 5.74) is 0.895. The summed E-state index contributed by atoms with van der Waals surface area (Å²) in [5.74, 6) is -0.255. The van der Waals surface area contributed by atoms with Gasteiger partial charge in [0, 0.05) is 14.0 Å². The quantitative estimate of drug-likeness (QED) is 0.281. The molecule has 0 amide bonds. The number of nitrogens with zero attached hydrogens (tertiary/aromatic N) is 2. The van der Waals surface area contributed by atoms with Gasteiger partial charge in [0.05, 0.1) is 18.5 Å². The fourth-order valence-electron chi connectivity index (χ4n) is 1.59. The Morgan fingerprint density at radius 1 is 1.65 bits per heavy atom. The lowest BCUT2D eigenvalue weighted by atomic mass is 9.90. The largest absolute Gasteiger partial charge is 0.378 e. The number of hydrogen-bond acceptors (Lipinski definition) is 3. The Morgan fingerprint density at radius 2 is 2.24 bits per heavy atom. The molecular weight excluding hydrogens is 215 g/mol. The summed E-state index contributed by atoms with van der Waals surface area (Å²) in [6.07, 6.45) is 4.94. The third kappa shape index (κ3) is 5.07. The zero-order valence-electron chi connectivity index (χ0n) is 11.0. The minimum absolute atomic E-state index is 0.181. The zero-order valence-corrected chi connectivity index (χ0v) is 11.0. The number of hydrogen-bond donors (Lipinski definition) is 0. The molecule has 0 saturated heterocycles. The molecule has 0 fully saturated rings.